The molecule has 2 heterocycles. The van der Waals surface area contributed by atoms with E-state index in [2.05, 4.69) is 43.2 Å². The first kappa shape index (κ1) is 26.0. The van der Waals surface area contributed by atoms with E-state index < -0.39 is 11.0 Å². The Labute approximate surface area is 231 Å². The average molecular weight is 527 g/mol. The minimum absolute atomic E-state index is 0.0322. The van der Waals surface area contributed by atoms with Crippen molar-refractivity contribution < 1.29 is 19.4 Å². The van der Waals surface area contributed by atoms with Crippen molar-refractivity contribution in [1.82, 2.24) is 9.80 Å². The molecule has 6 heteroatoms. The van der Waals surface area contributed by atoms with Gasteiger partial charge in [0.05, 0.1) is 24.2 Å². The normalized spacial score (nSPS) is 30.0. The second kappa shape index (κ2) is 9.73. The third-order valence-corrected chi connectivity index (χ3v) is 9.42. The lowest BCUT2D eigenvalue weighted by molar-refractivity contribution is -0.199. The fourth-order valence-electron chi connectivity index (χ4n) is 7.94. The van der Waals surface area contributed by atoms with E-state index in [1.165, 1.54) is 5.56 Å². The lowest BCUT2D eigenvalue weighted by Gasteiger charge is -2.64. The van der Waals surface area contributed by atoms with Gasteiger partial charge >= 0.3 is 0 Å². The molecule has 1 saturated heterocycles. The molecule has 1 N–H and O–H groups in total. The first-order chi connectivity index (χ1) is 18.8. The summed E-state index contributed by atoms with van der Waals surface area (Å²) in [6, 6.07) is 13.5. The molecule has 0 unspecified atom stereocenters. The lowest BCUT2D eigenvalue weighted by atomic mass is 9.48. The number of rotatable bonds is 6. The van der Waals surface area contributed by atoms with Crippen LogP contribution in [0.25, 0.3) is 0 Å². The third kappa shape index (κ3) is 3.82. The van der Waals surface area contributed by atoms with E-state index in [0.717, 1.165) is 42.8 Å². The zero-order chi connectivity index (χ0) is 27.4. The van der Waals surface area contributed by atoms with Gasteiger partial charge in [-0.3, -0.25) is 9.69 Å². The van der Waals surface area contributed by atoms with Gasteiger partial charge in [0.25, 0.3) is 5.91 Å². The molecule has 0 radical (unpaired) electrons. The topological polar surface area (TPSA) is 62.2 Å². The van der Waals surface area contributed by atoms with Gasteiger partial charge in [-0.05, 0) is 61.9 Å². The molecule has 2 aromatic carbocycles. The molecule has 6 rings (SSSR count). The summed E-state index contributed by atoms with van der Waals surface area (Å²) in [6.07, 6.45) is 4.31. The molecule has 4 aliphatic rings. The van der Waals surface area contributed by atoms with Gasteiger partial charge in [0.15, 0.2) is 11.5 Å². The second-order valence-electron chi connectivity index (χ2n) is 11.9. The summed E-state index contributed by atoms with van der Waals surface area (Å²) >= 11 is 0. The zero-order valence-corrected chi connectivity index (χ0v) is 23.2. The van der Waals surface area contributed by atoms with Crippen molar-refractivity contribution in [3.63, 3.8) is 0 Å². The molecule has 0 aromatic heterocycles. The number of benzene rings is 2. The predicted molar refractivity (Wildman–Crippen MR) is 151 cm³/mol. The molecule has 2 aliphatic carbocycles. The summed E-state index contributed by atoms with van der Waals surface area (Å²) in [5.41, 5.74) is 1.54. The van der Waals surface area contributed by atoms with Crippen molar-refractivity contribution in [2.24, 2.45) is 5.92 Å². The number of aliphatic hydroxyl groups is 1. The predicted octanol–water partition coefficient (Wildman–Crippen LogP) is 3.94. The number of hydrogen-bond acceptors (Lipinski definition) is 5. The molecule has 204 valence electrons. The molecule has 2 aliphatic heterocycles. The van der Waals surface area contributed by atoms with Crippen molar-refractivity contribution in [3.8, 4) is 23.3 Å². The standard InChI is InChI=1S/C33H38N2O4/c1-5-18-34-19-17-32-29-24-12-13-26(38-4)30(29)39-31(32)25(15-16-33(32,37)27(34)20-24)35(21-22(2)3)28(36)14-11-23-9-7-6-8-10-23/h5-10,12-13,22,25,27,31,37H,1,15-21H2,2-4H3/t25-,27+,31-,32-,33+/m0/s1. The van der Waals surface area contributed by atoms with Crippen LogP contribution >= 0.6 is 0 Å². The van der Waals surface area contributed by atoms with Crippen molar-refractivity contribution in [1.29, 1.82) is 0 Å². The Kier molecular flexibility index (Phi) is 6.48. The summed E-state index contributed by atoms with van der Waals surface area (Å²) in [5, 5.41) is 12.7. The SMILES string of the molecule is C=CCN1CC[C@]23c4c5ccc(OC)c4O[C@H]2[C@@H](N(CC(C)C)C(=O)C#Cc2ccccc2)CC[C@@]3(O)[C@H]1C5. The lowest BCUT2D eigenvalue weighted by Crippen LogP contribution is -2.78. The Hall–Kier alpha value is -3.27. The van der Waals surface area contributed by atoms with Crippen molar-refractivity contribution in [2.45, 2.75) is 68.7 Å². The molecule has 1 amide bonds. The van der Waals surface area contributed by atoms with Crippen LogP contribution in [0.3, 0.4) is 0 Å². The number of piperidine rings is 1. The zero-order valence-electron chi connectivity index (χ0n) is 23.2. The second-order valence-corrected chi connectivity index (χ2v) is 11.9. The Morgan fingerprint density at radius 1 is 1.28 bits per heavy atom. The monoisotopic (exact) mass is 526 g/mol. The third-order valence-electron chi connectivity index (χ3n) is 9.42. The first-order valence-electron chi connectivity index (χ1n) is 14.2. The number of nitrogens with zero attached hydrogens (tertiary/aromatic N) is 2. The van der Waals surface area contributed by atoms with Crippen LogP contribution in [0.15, 0.2) is 55.1 Å². The average Bonchev–Trinajstić information content (AvgIpc) is 3.28. The van der Waals surface area contributed by atoms with Crippen molar-refractivity contribution in [2.75, 3.05) is 26.7 Å². The summed E-state index contributed by atoms with van der Waals surface area (Å²) in [4.78, 5) is 18.1. The van der Waals surface area contributed by atoms with E-state index >= 15 is 0 Å². The van der Waals surface area contributed by atoms with Crippen LogP contribution in [0.5, 0.6) is 11.5 Å². The number of likely N-dealkylation sites (tertiary alicyclic amines) is 1. The van der Waals surface area contributed by atoms with E-state index in [-0.39, 0.29) is 30.0 Å². The van der Waals surface area contributed by atoms with Crippen LogP contribution in [0.4, 0.5) is 0 Å². The molecule has 2 aromatic rings. The van der Waals surface area contributed by atoms with E-state index in [1.807, 2.05) is 47.4 Å². The molecule has 39 heavy (non-hydrogen) atoms. The maximum Gasteiger partial charge on any atom is 0.299 e. The van der Waals surface area contributed by atoms with Gasteiger partial charge in [0.1, 0.15) is 6.10 Å². The number of hydrogen-bond donors (Lipinski definition) is 1. The smallest absolute Gasteiger partial charge is 0.299 e. The van der Waals surface area contributed by atoms with Gasteiger partial charge in [-0.1, -0.05) is 50.1 Å². The highest BCUT2D eigenvalue weighted by molar-refractivity contribution is 5.94. The molecule has 2 fully saturated rings. The Balaban J connectivity index is 1.45. The summed E-state index contributed by atoms with van der Waals surface area (Å²) in [7, 11) is 1.66. The van der Waals surface area contributed by atoms with E-state index in [1.54, 1.807) is 7.11 Å². The number of ether oxygens (including phenoxy) is 2. The minimum Gasteiger partial charge on any atom is -0.493 e. The van der Waals surface area contributed by atoms with Gasteiger partial charge in [-0.15, -0.1) is 6.58 Å². The van der Waals surface area contributed by atoms with Crippen LogP contribution in [-0.2, 0) is 16.6 Å². The molecule has 5 atom stereocenters. The number of carbonyl (C=O) groups is 1. The molecular weight excluding hydrogens is 488 g/mol. The highest BCUT2D eigenvalue weighted by Gasteiger charge is 2.73. The molecule has 6 nitrogen and oxygen atoms in total. The number of carbonyl (C=O) groups excluding carboxylic acids is 1. The fraction of sp³-hybridized carbons (Fsp3) is 0.485. The van der Waals surface area contributed by atoms with Crippen LogP contribution in [0.1, 0.15) is 49.8 Å². The Morgan fingerprint density at radius 3 is 2.79 bits per heavy atom. The van der Waals surface area contributed by atoms with Crippen LogP contribution in [0.2, 0.25) is 0 Å². The maximum atomic E-state index is 13.8. The van der Waals surface area contributed by atoms with Crippen molar-refractivity contribution >= 4 is 5.91 Å². The summed E-state index contributed by atoms with van der Waals surface area (Å²) < 4.78 is 12.6. The largest absolute Gasteiger partial charge is 0.493 e. The first-order valence-corrected chi connectivity index (χ1v) is 14.2. The van der Waals surface area contributed by atoms with Gasteiger partial charge in [-0.2, -0.15) is 0 Å². The van der Waals surface area contributed by atoms with E-state index in [4.69, 9.17) is 9.47 Å². The van der Waals surface area contributed by atoms with Gasteiger partial charge in [0.2, 0.25) is 0 Å². The fourth-order valence-corrected chi connectivity index (χ4v) is 7.94. The van der Waals surface area contributed by atoms with E-state index in [0.29, 0.717) is 25.1 Å². The molecular formula is C33H38N2O4. The van der Waals surface area contributed by atoms with Crippen LogP contribution in [0, 0.1) is 17.8 Å². The minimum atomic E-state index is -0.970. The van der Waals surface area contributed by atoms with E-state index in [9.17, 15) is 9.90 Å². The molecule has 1 spiro atoms. The molecule has 2 bridgehead atoms. The van der Waals surface area contributed by atoms with Crippen molar-refractivity contribution in [3.05, 3.63) is 71.8 Å². The van der Waals surface area contributed by atoms with Gasteiger partial charge in [0, 0.05) is 36.2 Å². The Bertz CT molecular complexity index is 1340. The summed E-state index contributed by atoms with van der Waals surface area (Å²) in [5.74, 6) is 7.49. The van der Waals surface area contributed by atoms with Crippen LogP contribution in [-0.4, -0.2) is 71.3 Å². The Morgan fingerprint density at radius 2 is 2.08 bits per heavy atom. The number of amides is 1. The molecule has 1 saturated carbocycles. The van der Waals surface area contributed by atoms with Gasteiger partial charge < -0.3 is 19.5 Å². The maximum absolute atomic E-state index is 13.8. The summed E-state index contributed by atoms with van der Waals surface area (Å²) in [6.45, 7) is 10.4. The highest BCUT2D eigenvalue weighted by atomic mass is 16.5. The quantitative estimate of drug-likeness (QED) is 0.457. The highest BCUT2D eigenvalue weighted by Crippen LogP contribution is 2.66. The number of methoxy groups -OCH3 is 1. The van der Waals surface area contributed by atoms with Gasteiger partial charge in [-0.25, -0.2) is 0 Å². The van der Waals surface area contributed by atoms with Crippen LogP contribution < -0.4 is 9.47 Å².